The summed E-state index contributed by atoms with van der Waals surface area (Å²) in [4.78, 5) is 11.1. The first-order chi connectivity index (χ1) is 29.2. The SMILES string of the molecule is CC(C)(C)P(C[c-]1c(C(P)(c2ccc3ccccc3n2)c2ccc3ccccc3n2)cc(-c2ccccc2)c1-c1ccccc1)C1C2CC3CC(C2)CC1C3.[Fe].[cH-]1[cH-][cH-][cH-][cH-]1. The number of pyridine rings is 2. The fourth-order valence-electron chi connectivity index (χ4n) is 11.6. The average Bonchev–Trinajstić information content (AvgIpc) is 3.99. The molecule has 0 aliphatic heterocycles. The van der Waals surface area contributed by atoms with Crippen molar-refractivity contribution in [1.82, 2.24) is 9.97 Å². The average molecular weight is 875 g/mol. The van der Waals surface area contributed by atoms with Gasteiger partial charge < -0.3 is 30.3 Å². The van der Waals surface area contributed by atoms with Crippen molar-refractivity contribution in [2.45, 2.75) is 75.0 Å². The molecular formula is C56H56FeN2P2-6. The molecule has 0 spiro atoms. The molecule has 0 saturated heterocycles. The molecule has 2 aromatic heterocycles. The van der Waals surface area contributed by atoms with E-state index in [1.54, 1.807) is 0 Å². The summed E-state index contributed by atoms with van der Waals surface area (Å²) in [5.74, 6) is 3.68. The van der Waals surface area contributed by atoms with Gasteiger partial charge in [-0.2, -0.15) is 6.07 Å². The van der Waals surface area contributed by atoms with Crippen LogP contribution in [-0.2, 0) is 28.4 Å². The topological polar surface area (TPSA) is 25.8 Å². The van der Waals surface area contributed by atoms with E-state index < -0.39 is 13.1 Å². The number of aromatic nitrogens is 2. The Balaban J connectivity index is 0.000000742. The van der Waals surface area contributed by atoms with Gasteiger partial charge in [-0.15, -0.1) is 39.4 Å². The first-order valence-electron chi connectivity index (χ1n) is 22.1. The third-order valence-corrected chi connectivity index (χ3v) is 18.9. The van der Waals surface area contributed by atoms with Crippen LogP contribution < -0.4 is 0 Å². The van der Waals surface area contributed by atoms with Gasteiger partial charge in [0.25, 0.3) is 0 Å². The number of hydrogen-bond acceptors (Lipinski definition) is 2. The zero-order valence-electron chi connectivity index (χ0n) is 35.6. The van der Waals surface area contributed by atoms with E-state index in [1.165, 1.54) is 65.5 Å². The van der Waals surface area contributed by atoms with Gasteiger partial charge in [-0.3, -0.25) is 9.97 Å². The van der Waals surface area contributed by atoms with E-state index in [9.17, 15) is 0 Å². The van der Waals surface area contributed by atoms with Crippen molar-refractivity contribution in [3.63, 3.8) is 0 Å². The molecule has 4 saturated carbocycles. The Morgan fingerprint density at radius 1 is 0.590 bits per heavy atom. The number of hydrogen-bond donors (Lipinski definition) is 0. The molecule has 4 bridgehead atoms. The zero-order chi connectivity index (χ0) is 40.8. The molecule has 0 radical (unpaired) electrons. The Labute approximate surface area is 377 Å². The fraction of sp³-hybridized carbons (Fsp3) is 0.286. The van der Waals surface area contributed by atoms with Crippen molar-refractivity contribution in [2.24, 2.45) is 23.7 Å². The molecule has 4 aliphatic carbocycles. The van der Waals surface area contributed by atoms with Crippen LogP contribution in [0, 0.1) is 23.7 Å². The van der Waals surface area contributed by atoms with Crippen LogP contribution >= 0.6 is 17.2 Å². The van der Waals surface area contributed by atoms with Gasteiger partial charge in [-0.25, -0.2) is 0 Å². The molecule has 0 N–H and O–H groups in total. The molecule has 2 heterocycles. The maximum atomic E-state index is 5.53. The second kappa shape index (κ2) is 17.5. The molecule has 5 heteroatoms. The summed E-state index contributed by atoms with van der Waals surface area (Å²) in [6, 6.07) is 61.0. The number of rotatable bonds is 8. The fourth-order valence-corrected chi connectivity index (χ4v) is 15.9. The molecule has 2 atom stereocenters. The summed E-state index contributed by atoms with van der Waals surface area (Å²) in [5, 5.41) is 1.81. The smallest absolute Gasteiger partial charge is 0.0764 e. The second-order valence-electron chi connectivity index (χ2n) is 18.8. The Morgan fingerprint density at radius 3 is 1.54 bits per heavy atom. The maximum Gasteiger partial charge on any atom is 0.0764 e. The molecule has 4 fully saturated rings. The maximum absolute atomic E-state index is 5.53. The molecule has 6 aromatic carbocycles. The van der Waals surface area contributed by atoms with Crippen molar-refractivity contribution in [3.8, 4) is 22.3 Å². The van der Waals surface area contributed by atoms with Crippen molar-refractivity contribution < 1.29 is 17.1 Å². The molecule has 0 amide bonds. The van der Waals surface area contributed by atoms with Crippen LogP contribution in [0.1, 0.15) is 75.4 Å². The van der Waals surface area contributed by atoms with E-state index in [1.807, 2.05) is 30.3 Å². The van der Waals surface area contributed by atoms with Gasteiger partial charge in [0, 0.05) is 27.8 Å². The van der Waals surface area contributed by atoms with Crippen molar-refractivity contribution >= 4 is 39.0 Å². The van der Waals surface area contributed by atoms with E-state index in [2.05, 4.69) is 170 Å². The van der Waals surface area contributed by atoms with Crippen LogP contribution in [0.15, 0.2) is 170 Å². The predicted octanol–water partition coefficient (Wildman–Crippen LogP) is 15.0. The van der Waals surface area contributed by atoms with Crippen LogP contribution in [0.5, 0.6) is 0 Å². The number of fused-ring (bicyclic) bond motifs is 2. The van der Waals surface area contributed by atoms with Crippen LogP contribution in [-0.4, -0.2) is 20.8 Å². The Bertz CT molecular complexity index is 2590. The Kier molecular flexibility index (Phi) is 12.1. The summed E-state index contributed by atoms with van der Waals surface area (Å²) in [6.07, 6.45) is 8.41. The van der Waals surface area contributed by atoms with Crippen LogP contribution in [0.3, 0.4) is 0 Å². The standard InChI is InChI=1S/C51H51N2P2.C5H5.Fe/c1-50(2,3)55(49-39-27-33-26-34(29-39)30-40(49)28-33)32-42-43(31-41(35-14-6-4-7-15-35)48(42)38-18-8-5-9-19-38)51(54,46-24-22-36-16-10-12-20-44(36)52-46)47-25-23-37-17-11-13-21-45(37)53-47;1-2-4-5-3-1;/h4-25,31,33-34,39-40,49H,26-30,32,54H2,1-3H3;1-5H;/q-1;-5;. The van der Waals surface area contributed by atoms with Gasteiger partial charge in [0.05, 0.1) is 27.6 Å². The third-order valence-electron chi connectivity index (χ3n) is 14.0. The van der Waals surface area contributed by atoms with Crippen LogP contribution in [0.25, 0.3) is 44.1 Å². The minimum Gasteiger partial charge on any atom is -0.748 e. The molecule has 2 nitrogen and oxygen atoms in total. The normalized spacial score (nSPS) is 21.1. The summed E-state index contributed by atoms with van der Waals surface area (Å²) < 4.78 is 0. The van der Waals surface area contributed by atoms with E-state index in [0.717, 1.165) is 68.7 Å². The molecule has 2 unspecified atom stereocenters. The van der Waals surface area contributed by atoms with Gasteiger partial charge in [0.1, 0.15) is 0 Å². The summed E-state index contributed by atoms with van der Waals surface area (Å²) >= 11 is 0. The third kappa shape index (κ3) is 8.14. The first kappa shape index (κ1) is 42.1. The van der Waals surface area contributed by atoms with Crippen molar-refractivity contribution in [1.29, 1.82) is 0 Å². The van der Waals surface area contributed by atoms with Crippen molar-refractivity contribution in [2.75, 3.05) is 0 Å². The second-order valence-corrected chi connectivity index (χ2v) is 22.9. The molecule has 314 valence electrons. The van der Waals surface area contributed by atoms with E-state index in [4.69, 9.17) is 9.97 Å². The molecule has 4 aliphatic rings. The monoisotopic (exact) mass is 874 g/mol. The quantitative estimate of drug-likeness (QED) is 0.0863. The molecule has 8 aromatic rings. The van der Waals surface area contributed by atoms with Gasteiger partial charge in [0.15, 0.2) is 0 Å². The van der Waals surface area contributed by atoms with Crippen LogP contribution in [0.2, 0.25) is 0 Å². The van der Waals surface area contributed by atoms with Gasteiger partial charge in [0.2, 0.25) is 0 Å². The van der Waals surface area contributed by atoms with Gasteiger partial charge in [-0.05, 0) is 97.0 Å². The molecular weight excluding hydrogens is 818 g/mol. The Hall–Kier alpha value is -4.22. The number of para-hydroxylation sites is 2. The minimum absolute atomic E-state index is 0. The number of nitrogens with zero attached hydrogens (tertiary/aromatic N) is 2. The Morgan fingerprint density at radius 2 is 1.05 bits per heavy atom. The predicted molar refractivity (Wildman–Crippen MR) is 259 cm³/mol. The van der Waals surface area contributed by atoms with E-state index >= 15 is 0 Å². The summed E-state index contributed by atoms with van der Waals surface area (Å²) in [5.41, 5.74) is 12.9. The van der Waals surface area contributed by atoms with E-state index in [0.29, 0.717) is 0 Å². The van der Waals surface area contributed by atoms with Gasteiger partial charge >= 0.3 is 0 Å². The minimum atomic E-state index is -0.705. The van der Waals surface area contributed by atoms with Gasteiger partial charge in [-0.1, -0.05) is 141 Å². The summed E-state index contributed by atoms with van der Waals surface area (Å²) in [7, 11) is 2.99. The summed E-state index contributed by atoms with van der Waals surface area (Å²) in [6.45, 7) is 7.70. The van der Waals surface area contributed by atoms with Crippen LogP contribution in [0.4, 0.5) is 0 Å². The molecule has 12 rings (SSSR count). The molecule has 61 heavy (non-hydrogen) atoms. The number of benzene rings is 4. The first-order valence-corrected chi connectivity index (χ1v) is 24.3. The van der Waals surface area contributed by atoms with Crippen molar-refractivity contribution in [3.05, 3.63) is 192 Å². The zero-order valence-corrected chi connectivity index (χ0v) is 38.7. The van der Waals surface area contributed by atoms with E-state index in [-0.39, 0.29) is 22.2 Å². The largest absolute Gasteiger partial charge is 0.748 e.